The summed E-state index contributed by atoms with van der Waals surface area (Å²) in [5, 5.41) is 6.47. The molecule has 3 aliphatic heterocycles. The van der Waals surface area contributed by atoms with Gasteiger partial charge in [-0.2, -0.15) is 0 Å². The molecule has 0 aromatic heterocycles. The van der Waals surface area contributed by atoms with Crippen LogP contribution >= 0.6 is 0 Å². The van der Waals surface area contributed by atoms with Gasteiger partial charge in [0, 0.05) is 18.1 Å². The number of carbonyl (C=O) groups excluding carboxylic acids is 3. The summed E-state index contributed by atoms with van der Waals surface area (Å²) >= 11 is 0. The van der Waals surface area contributed by atoms with Gasteiger partial charge >= 0.3 is 0 Å². The molecule has 7 nitrogen and oxygen atoms in total. The number of rotatable bonds is 5. The normalized spacial score (nSPS) is 39.4. The lowest BCUT2D eigenvalue weighted by Crippen LogP contribution is -2.57. The number of amides is 3. The van der Waals surface area contributed by atoms with Gasteiger partial charge in [-0.15, -0.1) is 0 Å². The molecule has 0 unspecified atom stereocenters. The van der Waals surface area contributed by atoms with Gasteiger partial charge in [0.2, 0.25) is 17.7 Å². The van der Waals surface area contributed by atoms with Gasteiger partial charge in [0.1, 0.15) is 11.6 Å². The van der Waals surface area contributed by atoms with Gasteiger partial charge in [-0.05, 0) is 38.5 Å². The summed E-state index contributed by atoms with van der Waals surface area (Å²) < 4.78 is 6.41. The van der Waals surface area contributed by atoms with Crippen LogP contribution in [-0.4, -0.2) is 58.5 Å². The summed E-state index contributed by atoms with van der Waals surface area (Å²) in [4.78, 5) is 42.5. The van der Waals surface area contributed by atoms with Crippen molar-refractivity contribution in [1.29, 1.82) is 0 Å². The quantitative estimate of drug-likeness (QED) is 0.641. The Hall–Kier alpha value is -1.89. The molecule has 5 fully saturated rings. The van der Waals surface area contributed by atoms with Crippen molar-refractivity contribution in [2.45, 2.75) is 113 Å². The Kier molecular flexibility index (Phi) is 5.08. The molecule has 5 atom stereocenters. The van der Waals surface area contributed by atoms with Crippen LogP contribution in [0.5, 0.6) is 0 Å². The second kappa shape index (κ2) is 7.86. The molecule has 3 aliphatic carbocycles. The first kappa shape index (κ1) is 20.7. The van der Waals surface area contributed by atoms with Crippen LogP contribution < -0.4 is 10.6 Å². The number of carbonyl (C=O) groups is 3. The average Bonchev–Trinajstić information content (AvgIpc) is 3.39. The van der Waals surface area contributed by atoms with Gasteiger partial charge in [0.25, 0.3) is 0 Å². The highest BCUT2D eigenvalue weighted by atomic mass is 16.5. The topological polar surface area (TPSA) is 87.7 Å². The van der Waals surface area contributed by atoms with Crippen LogP contribution in [0.15, 0.2) is 12.2 Å². The van der Waals surface area contributed by atoms with E-state index in [9.17, 15) is 14.4 Å². The molecule has 1 spiro atoms. The third kappa shape index (κ3) is 3.22. The molecule has 6 rings (SSSR count). The Labute approximate surface area is 189 Å². The smallest absolute Gasteiger partial charge is 0.246 e. The molecule has 0 aromatic rings. The number of nitrogens with zero attached hydrogens (tertiary/aromatic N) is 1. The number of ether oxygens (including phenoxy) is 1. The first-order valence-electron chi connectivity index (χ1n) is 12.9. The van der Waals surface area contributed by atoms with Gasteiger partial charge in [-0.1, -0.05) is 50.7 Å². The van der Waals surface area contributed by atoms with E-state index in [-0.39, 0.29) is 35.8 Å². The van der Waals surface area contributed by atoms with Crippen molar-refractivity contribution in [1.82, 2.24) is 15.5 Å². The highest BCUT2D eigenvalue weighted by Gasteiger charge is 2.74. The molecule has 174 valence electrons. The summed E-state index contributed by atoms with van der Waals surface area (Å²) in [7, 11) is 0. The van der Waals surface area contributed by atoms with E-state index >= 15 is 0 Å². The number of fused-ring (bicyclic) bond motifs is 1. The molecule has 2 saturated heterocycles. The van der Waals surface area contributed by atoms with E-state index in [1.807, 2.05) is 12.2 Å². The molecule has 2 bridgehead atoms. The van der Waals surface area contributed by atoms with E-state index in [0.29, 0.717) is 0 Å². The maximum atomic E-state index is 13.7. The molecule has 0 radical (unpaired) electrons. The molecule has 2 N–H and O–H groups in total. The molecule has 3 amide bonds. The van der Waals surface area contributed by atoms with E-state index < -0.39 is 29.6 Å². The molecule has 6 aliphatic rings. The summed E-state index contributed by atoms with van der Waals surface area (Å²) in [6.45, 7) is 0. The van der Waals surface area contributed by atoms with E-state index in [2.05, 4.69) is 10.6 Å². The highest BCUT2D eigenvalue weighted by Crippen LogP contribution is 2.57. The van der Waals surface area contributed by atoms with Crippen LogP contribution in [0, 0.1) is 11.8 Å². The lowest BCUT2D eigenvalue weighted by atomic mass is 9.74. The number of likely N-dealkylation sites (tertiary alicyclic amines) is 1. The predicted molar refractivity (Wildman–Crippen MR) is 117 cm³/mol. The summed E-state index contributed by atoms with van der Waals surface area (Å²) in [5.41, 5.74) is -1.00. The Morgan fingerprint density at radius 1 is 0.875 bits per heavy atom. The second-order valence-electron chi connectivity index (χ2n) is 10.9. The standard InChI is InChI=1S/C25H35N3O4/c29-22(26-15-7-3-1-4-8-15)19-18-13-14-25(32-18)20(19)24(31)28(17-11-12-17)21(25)23(30)27-16-9-5-2-6-10-16/h13-21H,1-12H2,(H,26,29)(H,27,30)/t18-,19-,20+,21+,25-/m1/s1. The molecular formula is C25H35N3O4. The zero-order valence-electron chi connectivity index (χ0n) is 18.8. The van der Waals surface area contributed by atoms with Crippen LogP contribution in [0.25, 0.3) is 0 Å². The summed E-state index contributed by atoms with van der Waals surface area (Å²) in [6, 6.07) is -0.196. The van der Waals surface area contributed by atoms with Crippen molar-refractivity contribution in [3.63, 3.8) is 0 Å². The lowest BCUT2D eigenvalue weighted by Gasteiger charge is -2.34. The molecule has 0 aromatic carbocycles. The van der Waals surface area contributed by atoms with Crippen LogP contribution in [-0.2, 0) is 19.1 Å². The van der Waals surface area contributed by atoms with Gasteiger partial charge in [0.15, 0.2) is 0 Å². The molecular weight excluding hydrogens is 406 g/mol. The largest absolute Gasteiger partial charge is 0.359 e. The van der Waals surface area contributed by atoms with E-state index in [0.717, 1.165) is 64.2 Å². The first-order valence-corrected chi connectivity index (χ1v) is 12.9. The highest BCUT2D eigenvalue weighted by molar-refractivity contribution is 6.00. The SMILES string of the molecule is O=C(NC1CCCCC1)[C@H]1[C@H]2C(=O)N(C3CC3)[C@@H](C(=O)NC3CCCCC3)[C@@]23C=C[C@H]1O3. The van der Waals surface area contributed by atoms with Crippen molar-refractivity contribution in [2.75, 3.05) is 0 Å². The Bertz CT molecular complexity index is 827. The van der Waals surface area contributed by atoms with E-state index in [1.54, 1.807) is 4.90 Å². The van der Waals surface area contributed by atoms with Gasteiger partial charge in [-0.25, -0.2) is 0 Å². The monoisotopic (exact) mass is 441 g/mol. The van der Waals surface area contributed by atoms with Crippen LogP contribution in [0.4, 0.5) is 0 Å². The second-order valence-corrected chi connectivity index (χ2v) is 10.9. The number of hydrogen-bond donors (Lipinski definition) is 2. The number of nitrogens with one attached hydrogen (secondary N) is 2. The minimum Gasteiger partial charge on any atom is -0.359 e. The van der Waals surface area contributed by atoms with E-state index in [4.69, 9.17) is 4.74 Å². The Balaban J connectivity index is 1.26. The Morgan fingerprint density at radius 3 is 2.06 bits per heavy atom. The average molecular weight is 442 g/mol. The Morgan fingerprint density at radius 2 is 1.47 bits per heavy atom. The predicted octanol–water partition coefficient (Wildman–Crippen LogP) is 2.20. The van der Waals surface area contributed by atoms with Crippen molar-refractivity contribution in [3.05, 3.63) is 12.2 Å². The third-order valence-corrected chi connectivity index (χ3v) is 8.71. The number of hydrogen-bond acceptors (Lipinski definition) is 4. The lowest BCUT2D eigenvalue weighted by molar-refractivity contribution is -0.142. The summed E-state index contributed by atoms with van der Waals surface area (Å²) in [5.74, 6) is -1.37. The van der Waals surface area contributed by atoms with Gasteiger partial charge in [-0.3, -0.25) is 14.4 Å². The van der Waals surface area contributed by atoms with Gasteiger partial charge in [0.05, 0.1) is 17.9 Å². The third-order valence-electron chi connectivity index (χ3n) is 8.71. The molecule has 3 heterocycles. The van der Waals surface area contributed by atoms with Crippen molar-refractivity contribution in [2.24, 2.45) is 11.8 Å². The fourth-order valence-corrected chi connectivity index (χ4v) is 7.02. The molecule has 32 heavy (non-hydrogen) atoms. The fraction of sp³-hybridized carbons (Fsp3) is 0.800. The minimum absolute atomic E-state index is 0.0630. The first-order chi connectivity index (χ1) is 15.6. The van der Waals surface area contributed by atoms with Crippen LogP contribution in [0.2, 0.25) is 0 Å². The van der Waals surface area contributed by atoms with Crippen molar-refractivity contribution in [3.8, 4) is 0 Å². The minimum atomic E-state index is -1.00. The zero-order chi connectivity index (χ0) is 21.9. The van der Waals surface area contributed by atoms with E-state index in [1.165, 1.54) is 12.8 Å². The molecule has 3 saturated carbocycles. The maximum absolute atomic E-state index is 13.7. The van der Waals surface area contributed by atoms with Crippen LogP contribution in [0.3, 0.4) is 0 Å². The van der Waals surface area contributed by atoms with Crippen molar-refractivity contribution < 1.29 is 19.1 Å². The van der Waals surface area contributed by atoms with Crippen molar-refractivity contribution >= 4 is 17.7 Å². The van der Waals surface area contributed by atoms with Crippen LogP contribution in [0.1, 0.15) is 77.0 Å². The fourth-order valence-electron chi connectivity index (χ4n) is 7.02. The zero-order valence-corrected chi connectivity index (χ0v) is 18.8. The summed E-state index contributed by atoms with van der Waals surface area (Å²) in [6.07, 6.45) is 16.3. The molecule has 7 heteroatoms. The maximum Gasteiger partial charge on any atom is 0.246 e. The van der Waals surface area contributed by atoms with Gasteiger partial charge < -0.3 is 20.3 Å².